The van der Waals surface area contributed by atoms with Crippen LogP contribution in [0, 0.1) is 0 Å². The second kappa shape index (κ2) is 7.93. The molecule has 5 heteroatoms. The number of amides is 1. The molecule has 4 aromatic rings. The van der Waals surface area contributed by atoms with Crippen LogP contribution in [0.2, 0.25) is 0 Å². The summed E-state index contributed by atoms with van der Waals surface area (Å²) < 4.78 is 0. The van der Waals surface area contributed by atoms with E-state index < -0.39 is 0 Å². The maximum absolute atomic E-state index is 12.5. The molecule has 0 radical (unpaired) electrons. The largest absolute Gasteiger partial charge is 0.346 e. The van der Waals surface area contributed by atoms with E-state index in [2.05, 4.69) is 15.3 Å². The van der Waals surface area contributed by atoms with Crippen molar-refractivity contribution in [2.45, 2.75) is 6.54 Å². The molecule has 4 rings (SSSR count). The van der Waals surface area contributed by atoms with Gasteiger partial charge in [-0.15, -0.1) is 11.3 Å². The van der Waals surface area contributed by atoms with Crippen molar-refractivity contribution in [3.8, 4) is 22.4 Å². The normalized spacial score (nSPS) is 10.5. The number of nitrogens with one attached hydrogen (secondary N) is 1. The van der Waals surface area contributed by atoms with Gasteiger partial charge in [0.15, 0.2) is 0 Å². The van der Waals surface area contributed by atoms with Crippen LogP contribution in [0.15, 0.2) is 84.5 Å². The molecule has 0 bridgehead atoms. The van der Waals surface area contributed by atoms with E-state index in [-0.39, 0.29) is 5.91 Å². The van der Waals surface area contributed by atoms with E-state index in [4.69, 9.17) is 0 Å². The molecule has 132 valence electrons. The van der Waals surface area contributed by atoms with Crippen molar-refractivity contribution in [3.05, 3.63) is 95.1 Å². The fraction of sp³-hybridized carbons (Fsp3) is 0.0455. The number of carbonyl (C=O) groups is 1. The summed E-state index contributed by atoms with van der Waals surface area (Å²) in [4.78, 5) is 21.1. The summed E-state index contributed by atoms with van der Waals surface area (Å²) in [7, 11) is 0. The standard InChI is InChI=1S/C22H17N3OS/c26-22(19-8-4-7-18(13-19)16-5-2-1-3-6-16)24-14-21-25-20(15-27-21)17-9-11-23-12-10-17/h1-13,15H,14H2,(H,24,26). The van der Waals surface area contributed by atoms with E-state index in [0.29, 0.717) is 12.1 Å². The van der Waals surface area contributed by atoms with E-state index in [9.17, 15) is 4.79 Å². The zero-order valence-electron chi connectivity index (χ0n) is 14.5. The highest BCUT2D eigenvalue weighted by molar-refractivity contribution is 7.09. The van der Waals surface area contributed by atoms with Crippen LogP contribution in [-0.4, -0.2) is 15.9 Å². The average Bonchev–Trinajstić information content (AvgIpc) is 3.22. The molecule has 27 heavy (non-hydrogen) atoms. The molecule has 2 aromatic carbocycles. The van der Waals surface area contributed by atoms with Gasteiger partial charge in [-0.1, -0.05) is 42.5 Å². The minimum absolute atomic E-state index is 0.103. The predicted molar refractivity (Wildman–Crippen MR) is 108 cm³/mol. The molecule has 0 atom stereocenters. The molecule has 0 unspecified atom stereocenters. The second-order valence-electron chi connectivity index (χ2n) is 5.99. The number of rotatable bonds is 5. The van der Waals surface area contributed by atoms with Gasteiger partial charge in [-0.25, -0.2) is 4.98 Å². The average molecular weight is 371 g/mol. The lowest BCUT2D eigenvalue weighted by molar-refractivity contribution is 0.0951. The lowest BCUT2D eigenvalue weighted by atomic mass is 10.0. The lowest BCUT2D eigenvalue weighted by Gasteiger charge is -2.06. The minimum Gasteiger partial charge on any atom is -0.346 e. The highest BCUT2D eigenvalue weighted by Gasteiger charge is 2.09. The molecular formula is C22H17N3OS. The van der Waals surface area contributed by atoms with Crippen LogP contribution in [0.1, 0.15) is 15.4 Å². The van der Waals surface area contributed by atoms with E-state index in [1.165, 1.54) is 11.3 Å². The summed E-state index contributed by atoms with van der Waals surface area (Å²) in [6.07, 6.45) is 3.49. The van der Waals surface area contributed by atoms with Gasteiger partial charge in [-0.3, -0.25) is 9.78 Å². The number of nitrogens with zero attached hydrogens (tertiary/aromatic N) is 2. The molecule has 0 saturated carbocycles. The molecule has 0 spiro atoms. The number of benzene rings is 2. The first-order valence-corrected chi connectivity index (χ1v) is 9.46. The monoisotopic (exact) mass is 371 g/mol. The molecule has 0 aliphatic rings. The molecule has 2 aromatic heterocycles. The smallest absolute Gasteiger partial charge is 0.251 e. The Morgan fingerprint density at radius 3 is 2.48 bits per heavy atom. The first-order chi connectivity index (χ1) is 13.3. The Kier molecular flexibility index (Phi) is 5.03. The maximum atomic E-state index is 12.5. The fourth-order valence-electron chi connectivity index (χ4n) is 2.78. The quantitative estimate of drug-likeness (QED) is 0.548. The zero-order chi connectivity index (χ0) is 18.5. The Labute approximate surface area is 161 Å². The predicted octanol–water partition coefficient (Wildman–Crippen LogP) is 4.80. The van der Waals surface area contributed by atoms with Crippen molar-refractivity contribution in [2.75, 3.05) is 0 Å². The highest BCUT2D eigenvalue weighted by atomic mass is 32.1. The van der Waals surface area contributed by atoms with E-state index in [1.54, 1.807) is 12.4 Å². The maximum Gasteiger partial charge on any atom is 0.251 e. The third-order valence-corrected chi connectivity index (χ3v) is 5.01. The third-order valence-electron chi connectivity index (χ3n) is 4.16. The van der Waals surface area contributed by atoms with Crippen molar-refractivity contribution in [2.24, 2.45) is 0 Å². The van der Waals surface area contributed by atoms with Crippen LogP contribution in [-0.2, 0) is 6.54 Å². The summed E-state index contributed by atoms with van der Waals surface area (Å²) in [6, 6.07) is 21.5. The number of thiazole rings is 1. The summed E-state index contributed by atoms with van der Waals surface area (Å²) in [6.45, 7) is 0.407. The third kappa shape index (κ3) is 4.10. The molecule has 0 fully saturated rings. The van der Waals surface area contributed by atoms with E-state index >= 15 is 0 Å². The molecule has 1 N–H and O–H groups in total. The van der Waals surface area contributed by atoms with Crippen molar-refractivity contribution in [1.82, 2.24) is 15.3 Å². The van der Waals surface area contributed by atoms with Gasteiger partial charge in [-0.2, -0.15) is 0 Å². The lowest BCUT2D eigenvalue weighted by Crippen LogP contribution is -2.22. The number of aromatic nitrogens is 2. The van der Waals surface area contributed by atoms with E-state index in [0.717, 1.165) is 27.4 Å². The second-order valence-corrected chi connectivity index (χ2v) is 6.93. The molecule has 0 saturated heterocycles. The van der Waals surface area contributed by atoms with Crippen molar-refractivity contribution in [3.63, 3.8) is 0 Å². The van der Waals surface area contributed by atoms with Gasteiger partial charge in [0.05, 0.1) is 12.2 Å². The SMILES string of the molecule is O=C(NCc1nc(-c2ccncc2)cs1)c1cccc(-c2ccccc2)c1. The Hall–Kier alpha value is -3.31. The summed E-state index contributed by atoms with van der Waals surface area (Å²) >= 11 is 1.54. The Morgan fingerprint density at radius 1 is 0.889 bits per heavy atom. The van der Waals surface area contributed by atoms with E-state index in [1.807, 2.05) is 72.1 Å². The topological polar surface area (TPSA) is 54.9 Å². The summed E-state index contributed by atoms with van der Waals surface area (Å²) in [5, 5.41) is 5.82. The summed E-state index contributed by atoms with van der Waals surface area (Å²) in [5.74, 6) is -0.103. The number of carbonyl (C=O) groups excluding carboxylic acids is 1. The van der Waals surface area contributed by atoms with Crippen LogP contribution >= 0.6 is 11.3 Å². The van der Waals surface area contributed by atoms with Crippen molar-refractivity contribution in [1.29, 1.82) is 0 Å². The summed E-state index contributed by atoms with van der Waals surface area (Å²) in [5.41, 5.74) is 4.68. The molecule has 4 nitrogen and oxygen atoms in total. The molecule has 1 amide bonds. The Balaban J connectivity index is 1.44. The van der Waals surface area contributed by atoms with Gasteiger partial charge in [0.1, 0.15) is 5.01 Å². The number of hydrogen-bond donors (Lipinski definition) is 1. The number of pyridine rings is 1. The van der Waals surface area contributed by atoms with Gasteiger partial charge in [0, 0.05) is 28.9 Å². The molecule has 0 aliphatic heterocycles. The van der Waals surface area contributed by atoms with Crippen LogP contribution in [0.4, 0.5) is 0 Å². The van der Waals surface area contributed by atoms with Crippen LogP contribution < -0.4 is 5.32 Å². The molecule has 0 aliphatic carbocycles. The Bertz CT molecular complexity index is 1050. The van der Waals surface area contributed by atoms with Crippen LogP contribution in [0.5, 0.6) is 0 Å². The van der Waals surface area contributed by atoms with Gasteiger partial charge >= 0.3 is 0 Å². The molecule has 2 heterocycles. The van der Waals surface area contributed by atoms with Gasteiger partial charge in [-0.05, 0) is 35.4 Å². The van der Waals surface area contributed by atoms with Crippen molar-refractivity contribution >= 4 is 17.2 Å². The molecular weight excluding hydrogens is 354 g/mol. The van der Waals surface area contributed by atoms with Crippen molar-refractivity contribution < 1.29 is 4.79 Å². The van der Waals surface area contributed by atoms with Gasteiger partial charge < -0.3 is 5.32 Å². The minimum atomic E-state index is -0.103. The van der Waals surface area contributed by atoms with Crippen LogP contribution in [0.3, 0.4) is 0 Å². The first kappa shape index (κ1) is 17.1. The highest BCUT2D eigenvalue weighted by Crippen LogP contribution is 2.22. The zero-order valence-corrected chi connectivity index (χ0v) is 15.3. The van der Waals surface area contributed by atoms with Gasteiger partial charge in [0.2, 0.25) is 0 Å². The first-order valence-electron chi connectivity index (χ1n) is 8.58. The van der Waals surface area contributed by atoms with Crippen LogP contribution in [0.25, 0.3) is 22.4 Å². The Morgan fingerprint density at radius 2 is 1.67 bits per heavy atom. The van der Waals surface area contributed by atoms with Gasteiger partial charge in [0.25, 0.3) is 5.91 Å². The fourth-order valence-corrected chi connectivity index (χ4v) is 3.52. The number of hydrogen-bond acceptors (Lipinski definition) is 4.